The zero-order valence-electron chi connectivity index (χ0n) is 21.0. The lowest BCUT2D eigenvalue weighted by atomic mass is 10.0. The number of hydrogen-bond acceptors (Lipinski definition) is 7. The van der Waals surface area contributed by atoms with Crippen molar-refractivity contribution in [1.82, 2.24) is 14.9 Å². The molecule has 0 spiro atoms. The lowest BCUT2D eigenvalue weighted by molar-refractivity contribution is -0.142. The number of carboxylic acids is 1. The lowest BCUT2D eigenvalue weighted by Crippen LogP contribution is -2.51. The Bertz CT molecular complexity index is 1290. The summed E-state index contributed by atoms with van der Waals surface area (Å²) >= 11 is 0. The molecule has 38 heavy (non-hydrogen) atoms. The summed E-state index contributed by atoms with van der Waals surface area (Å²) in [5.74, 6) is -0.951. The Hall–Kier alpha value is -3.57. The summed E-state index contributed by atoms with van der Waals surface area (Å²) in [6.07, 6.45) is 2.95. The van der Waals surface area contributed by atoms with E-state index in [-0.39, 0.29) is 36.6 Å². The molecule has 0 aliphatic carbocycles. The van der Waals surface area contributed by atoms with E-state index in [1.54, 1.807) is 42.5 Å². The molecule has 0 aromatic heterocycles. The average molecular weight is 541 g/mol. The highest BCUT2D eigenvalue weighted by Gasteiger charge is 2.40. The molecule has 202 valence electrons. The molecule has 1 fully saturated rings. The number of nitrogens with one attached hydrogen (secondary N) is 2. The molecule has 10 nitrogen and oxygen atoms in total. The Morgan fingerprint density at radius 3 is 2.39 bits per heavy atom. The average Bonchev–Trinajstić information content (AvgIpc) is 3.61. The van der Waals surface area contributed by atoms with E-state index in [1.807, 2.05) is 0 Å². The number of aliphatic imine (C=N–C) groups is 1. The summed E-state index contributed by atoms with van der Waals surface area (Å²) in [7, 11) is -3.89. The van der Waals surface area contributed by atoms with Crippen LogP contribution in [0.15, 0.2) is 64.5 Å². The van der Waals surface area contributed by atoms with Gasteiger partial charge in [-0.25, -0.2) is 13.2 Å². The molecule has 0 radical (unpaired) electrons. The normalized spacial score (nSPS) is 18.5. The summed E-state index contributed by atoms with van der Waals surface area (Å²) in [6, 6.07) is 12.7. The number of carboxylic acid groups (broad SMARTS) is 1. The van der Waals surface area contributed by atoms with Crippen LogP contribution in [-0.4, -0.2) is 73.0 Å². The molecule has 2 aliphatic rings. The van der Waals surface area contributed by atoms with Crippen molar-refractivity contribution >= 4 is 33.5 Å². The number of nitrogens with zero attached hydrogens (tertiary/aromatic N) is 2. The van der Waals surface area contributed by atoms with E-state index in [0.717, 1.165) is 35.1 Å². The zero-order valence-corrected chi connectivity index (χ0v) is 21.8. The molecule has 0 bridgehead atoms. The van der Waals surface area contributed by atoms with Crippen LogP contribution in [0, 0.1) is 0 Å². The van der Waals surface area contributed by atoms with Crippen molar-refractivity contribution in [1.29, 1.82) is 0 Å². The van der Waals surface area contributed by atoms with E-state index in [0.29, 0.717) is 18.4 Å². The van der Waals surface area contributed by atoms with Gasteiger partial charge in [0.05, 0.1) is 17.3 Å². The third-order valence-electron chi connectivity index (χ3n) is 6.70. The first-order chi connectivity index (χ1) is 18.2. The van der Waals surface area contributed by atoms with Gasteiger partial charge in [-0.2, -0.15) is 4.31 Å². The maximum atomic E-state index is 13.1. The van der Waals surface area contributed by atoms with Crippen molar-refractivity contribution in [2.45, 2.75) is 55.5 Å². The first-order valence-electron chi connectivity index (χ1n) is 12.7. The molecule has 0 unspecified atom stereocenters. The third kappa shape index (κ3) is 6.84. The Labute approximate surface area is 222 Å². The smallest absolute Gasteiger partial charge is 0.326 e. The number of rotatable bonds is 11. The van der Waals surface area contributed by atoms with Crippen LogP contribution in [0.1, 0.15) is 36.8 Å². The number of amides is 1. The van der Waals surface area contributed by atoms with Crippen LogP contribution >= 0.6 is 0 Å². The second-order valence-electron chi connectivity index (χ2n) is 9.51. The van der Waals surface area contributed by atoms with Gasteiger partial charge in [-0.1, -0.05) is 42.5 Å². The SMILES string of the molecule is O=C(CNC1=NCCC1)Cc1ccc(C[C@H](NC(=O)[C@@H]2CCCN2S(=O)(=O)c2ccccc2)C(=O)O)cc1. The molecule has 2 aromatic rings. The molecule has 4 rings (SSSR count). The molecular weight excluding hydrogens is 508 g/mol. The van der Waals surface area contributed by atoms with Crippen molar-refractivity contribution in [3.05, 3.63) is 65.7 Å². The van der Waals surface area contributed by atoms with Crippen LogP contribution in [0.25, 0.3) is 0 Å². The highest BCUT2D eigenvalue weighted by atomic mass is 32.2. The van der Waals surface area contributed by atoms with Gasteiger partial charge in [-0.15, -0.1) is 0 Å². The van der Waals surface area contributed by atoms with Crippen LogP contribution in [0.4, 0.5) is 0 Å². The Balaban J connectivity index is 1.34. The van der Waals surface area contributed by atoms with Gasteiger partial charge >= 0.3 is 5.97 Å². The standard InChI is InChI=1S/C27H32N4O6S/c32-21(18-29-25-9-4-14-28-25)16-19-10-12-20(13-11-19)17-23(27(34)35)30-26(33)24-8-5-15-31(24)38(36,37)22-6-2-1-3-7-22/h1-3,6-7,10-13,23-24H,4-5,8-9,14-18H2,(H,28,29)(H,30,33)(H,34,35)/t23-,24-/m0/s1. The monoisotopic (exact) mass is 540 g/mol. The molecule has 1 saturated heterocycles. The number of Topliss-reactive ketones (excluding diaryl/α,β-unsaturated/α-hetero) is 1. The second kappa shape index (κ2) is 12.3. The van der Waals surface area contributed by atoms with Gasteiger partial charge in [0, 0.05) is 32.4 Å². The topological polar surface area (TPSA) is 145 Å². The predicted molar refractivity (Wildman–Crippen MR) is 141 cm³/mol. The minimum atomic E-state index is -3.89. The molecule has 2 aromatic carbocycles. The number of carbonyl (C=O) groups excluding carboxylic acids is 2. The quantitative estimate of drug-likeness (QED) is 0.392. The van der Waals surface area contributed by atoms with Crippen LogP contribution in [0.2, 0.25) is 0 Å². The van der Waals surface area contributed by atoms with E-state index >= 15 is 0 Å². The number of ketones is 1. The number of amidine groups is 1. The Morgan fingerprint density at radius 1 is 1.03 bits per heavy atom. The van der Waals surface area contributed by atoms with Gasteiger partial charge in [0.25, 0.3) is 0 Å². The van der Waals surface area contributed by atoms with Crippen molar-refractivity contribution < 1.29 is 27.9 Å². The summed E-state index contributed by atoms with van der Waals surface area (Å²) in [5, 5.41) is 15.3. The molecule has 3 N–H and O–H groups in total. The van der Waals surface area contributed by atoms with E-state index < -0.39 is 34.0 Å². The van der Waals surface area contributed by atoms with Gasteiger partial charge in [-0.05, 0) is 42.5 Å². The number of benzene rings is 2. The van der Waals surface area contributed by atoms with Gasteiger partial charge in [-0.3, -0.25) is 14.6 Å². The summed E-state index contributed by atoms with van der Waals surface area (Å²) in [6.45, 7) is 1.20. The minimum absolute atomic E-state index is 0.0227. The molecule has 2 aliphatic heterocycles. The van der Waals surface area contributed by atoms with Gasteiger partial charge in [0.2, 0.25) is 15.9 Å². The number of carbonyl (C=O) groups is 3. The number of hydrogen-bond donors (Lipinski definition) is 3. The molecule has 11 heteroatoms. The van der Waals surface area contributed by atoms with Crippen molar-refractivity contribution in [3.8, 4) is 0 Å². The van der Waals surface area contributed by atoms with E-state index in [1.165, 1.54) is 12.1 Å². The van der Waals surface area contributed by atoms with Gasteiger partial charge in [0.15, 0.2) is 5.78 Å². The third-order valence-corrected chi connectivity index (χ3v) is 8.62. The maximum Gasteiger partial charge on any atom is 0.326 e. The van der Waals surface area contributed by atoms with Crippen LogP contribution < -0.4 is 10.6 Å². The number of sulfonamides is 1. The summed E-state index contributed by atoms with van der Waals surface area (Å²) < 4.78 is 27.3. The Kier molecular flexibility index (Phi) is 8.90. The van der Waals surface area contributed by atoms with E-state index in [9.17, 15) is 27.9 Å². The minimum Gasteiger partial charge on any atom is -0.480 e. The van der Waals surface area contributed by atoms with Gasteiger partial charge in [0.1, 0.15) is 12.1 Å². The summed E-state index contributed by atoms with van der Waals surface area (Å²) in [5.41, 5.74) is 1.48. The van der Waals surface area contributed by atoms with Crippen LogP contribution in [-0.2, 0) is 37.2 Å². The molecule has 1 amide bonds. The fraction of sp³-hybridized carbons (Fsp3) is 0.407. The summed E-state index contributed by atoms with van der Waals surface area (Å²) in [4.78, 5) is 41.6. The van der Waals surface area contributed by atoms with E-state index in [4.69, 9.17) is 0 Å². The lowest BCUT2D eigenvalue weighted by Gasteiger charge is -2.25. The van der Waals surface area contributed by atoms with Crippen molar-refractivity contribution in [3.63, 3.8) is 0 Å². The largest absolute Gasteiger partial charge is 0.480 e. The molecule has 2 atom stereocenters. The number of aliphatic carboxylic acids is 1. The highest BCUT2D eigenvalue weighted by molar-refractivity contribution is 7.89. The van der Waals surface area contributed by atoms with Crippen LogP contribution in [0.3, 0.4) is 0 Å². The van der Waals surface area contributed by atoms with E-state index in [2.05, 4.69) is 15.6 Å². The Morgan fingerprint density at radius 2 is 1.74 bits per heavy atom. The highest BCUT2D eigenvalue weighted by Crippen LogP contribution is 2.26. The first kappa shape index (κ1) is 27.5. The van der Waals surface area contributed by atoms with Crippen molar-refractivity contribution in [2.75, 3.05) is 19.6 Å². The molecule has 0 saturated carbocycles. The molecular formula is C27H32N4O6S. The molecule has 2 heterocycles. The van der Waals surface area contributed by atoms with Gasteiger partial charge < -0.3 is 15.7 Å². The fourth-order valence-corrected chi connectivity index (χ4v) is 6.37. The van der Waals surface area contributed by atoms with Crippen LogP contribution in [0.5, 0.6) is 0 Å². The second-order valence-corrected chi connectivity index (χ2v) is 11.4. The zero-order chi connectivity index (χ0) is 27.1. The predicted octanol–water partition coefficient (Wildman–Crippen LogP) is 1.55. The maximum absolute atomic E-state index is 13.1. The fourth-order valence-electron chi connectivity index (χ4n) is 4.69. The first-order valence-corrected chi connectivity index (χ1v) is 14.1. The van der Waals surface area contributed by atoms with Crippen molar-refractivity contribution in [2.24, 2.45) is 4.99 Å².